The minimum atomic E-state index is 0.260. The van der Waals surface area contributed by atoms with Crippen molar-refractivity contribution in [3.63, 3.8) is 0 Å². The van der Waals surface area contributed by atoms with Crippen LogP contribution < -0.4 is 0 Å². The SMILES string of the molecule is O=C(c1cccs1)N1CC[C@@H]2[C@@H]1CCN2CC1CC1. The van der Waals surface area contributed by atoms with E-state index >= 15 is 0 Å². The van der Waals surface area contributed by atoms with E-state index in [0.717, 1.165) is 17.3 Å². The summed E-state index contributed by atoms with van der Waals surface area (Å²) in [6, 6.07) is 5.05. The molecule has 1 aromatic heterocycles. The van der Waals surface area contributed by atoms with Crippen molar-refractivity contribution in [1.29, 1.82) is 0 Å². The summed E-state index contributed by atoms with van der Waals surface area (Å²) in [6.07, 6.45) is 5.19. The third kappa shape index (κ3) is 2.11. The van der Waals surface area contributed by atoms with Gasteiger partial charge in [0.15, 0.2) is 0 Å². The van der Waals surface area contributed by atoms with Gasteiger partial charge in [-0.05, 0) is 43.0 Å². The molecule has 4 rings (SSSR count). The Bertz CT molecular complexity index is 468. The fraction of sp³-hybridized carbons (Fsp3) is 0.667. The first-order chi connectivity index (χ1) is 9.33. The molecule has 1 amide bonds. The Morgan fingerprint density at radius 3 is 2.79 bits per heavy atom. The van der Waals surface area contributed by atoms with Crippen LogP contribution in [0.15, 0.2) is 17.5 Å². The first-order valence-electron chi connectivity index (χ1n) is 7.41. The maximum absolute atomic E-state index is 12.5. The number of nitrogens with zero attached hydrogens (tertiary/aromatic N) is 2. The number of thiophene rings is 1. The highest BCUT2D eigenvalue weighted by Gasteiger charge is 2.45. The zero-order valence-corrected chi connectivity index (χ0v) is 11.9. The fourth-order valence-corrected chi connectivity index (χ4v) is 4.41. The summed E-state index contributed by atoms with van der Waals surface area (Å²) in [6.45, 7) is 3.43. The van der Waals surface area contributed by atoms with E-state index in [-0.39, 0.29) is 5.91 Å². The molecule has 2 saturated heterocycles. The van der Waals surface area contributed by atoms with Crippen LogP contribution in [0.2, 0.25) is 0 Å². The third-order valence-electron chi connectivity index (χ3n) is 4.87. The van der Waals surface area contributed by atoms with Crippen molar-refractivity contribution < 1.29 is 4.79 Å². The quantitative estimate of drug-likeness (QED) is 0.846. The van der Waals surface area contributed by atoms with Crippen molar-refractivity contribution in [3.8, 4) is 0 Å². The van der Waals surface area contributed by atoms with Crippen molar-refractivity contribution >= 4 is 17.2 Å². The van der Waals surface area contributed by atoms with Crippen molar-refractivity contribution in [2.45, 2.75) is 37.8 Å². The zero-order chi connectivity index (χ0) is 12.8. The van der Waals surface area contributed by atoms with E-state index in [9.17, 15) is 4.79 Å². The molecule has 3 heterocycles. The molecule has 2 aliphatic heterocycles. The van der Waals surface area contributed by atoms with E-state index in [2.05, 4.69) is 9.80 Å². The number of likely N-dealkylation sites (tertiary alicyclic amines) is 2. The molecule has 1 aromatic rings. The van der Waals surface area contributed by atoms with Crippen molar-refractivity contribution in [3.05, 3.63) is 22.4 Å². The molecular formula is C15H20N2OS. The molecular weight excluding hydrogens is 256 g/mol. The molecule has 102 valence electrons. The van der Waals surface area contributed by atoms with Crippen LogP contribution in [0, 0.1) is 5.92 Å². The van der Waals surface area contributed by atoms with E-state index in [4.69, 9.17) is 0 Å². The summed E-state index contributed by atoms with van der Waals surface area (Å²) in [5.41, 5.74) is 0. The van der Waals surface area contributed by atoms with Gasteiger partial charge in [0, 0.05) is 31.7 Å². The second-order valence-electron chi connectivity index (χ2n) is 6.13. The smallest absolute Gasteiger partial charge is 0.264 e. The standard InChI is InChI=1S/C15H20N2OS/c18-15(14-2-1-9-19-14)17-8-6-12-13(17)5-7-16(12)10-11-3-4-11/h1-2,9,11-13H,3-8,10H2/t12-,13+/m1/s1. The van der Waals surface area contributed by atoms with Crippen LogP contribution in [0.3, 0.4) is 0 Å². The highest BCUT2D eigenvalue weighted by molar-refractivity contribution is 7.12. The van der Waals surface area contributed by atoms with Gasteiger partial charge < -0.3 is 4.90 Å². The Labute approximate surface area is 118 Å². The molecule has 1 aliphatic carbocycles. The van der Waals surface area contributed by atoms with E-state index in [0.29, 0.717) is 12.1 Å². The summed E-state index contributed by atoms with van der Waals surface area (Å²) in [7, 11) is 0. The number of amides is 1. The number of fused-ring (bicyclic) bond motifs is 1. The maximum atomic E-state index is 12.5. The predicted molar refractivity (Wildman–Crippen MR) is 76.5 cm³/mol. The van der Waals surface area contributed by atoms with Crippen LogP contribution in [-0.4, -0.2) is 47.4 Å². The lowest BCUT2D eigenvalue weighted by molar-refractivity contribution is 0.0737. The number of carbonyl (C=O) groups is 1. The molecule has 0 radical (unpaired) electrons. The van der Waals surface area contributed by atoms with Gasteiger partial charge in [-0.3, -0.25) is 9.69 Å². The molecule has 0 bridgehead atoms. The molecule has 4 heteroatoms. The summed E-state index contributed by atoms with van der Waals surface area (Å²) in [4.78, 5) is 18.2. The molecule has 0 spiro atoms. The summed E-state index contributed by atoms with van der Waals surface area (Å²) in [5.74, 6) is 1.22. The number of hydrogen-bond acceptors (Lipinski definition) is 3. The summed E-state index contributed by atoms with van der Waals surface area (Å²) < 4.78 is 0. The highest BCUT2D eigenvalue weighted by Crippen LogP contribution is 2.37. The molecule has 3 fully saturated rings. The normalized spacial score (nSPS) is 30.8. The van der Waals surface area contributed by atoms with E-state index in [1.165, 1.54) is 38.8 Å². The van der Waals surface area contributed by atoms with Gasteiger partial charge in [0.25, 0.3) is 5.91 Å². The first-order valence-corrected chi connectivity index (χ1v) is 8.29. The van der Waals surface area contributed by atoms with Gasteiger partial charge in [0.05, 0.1) is 4.88 Å². The Hall–Kier alpha value is -0.870. The molecule has 0 unspecified atom stereocenters. The van der Waals surface area contributed by atoms with Gasteiger partial charge in [-0.25, -0.2) is 0 Å². The van der Waals surface area contributed by atoms with Crippen LogP contribution in [-0.2, 0) is 0 Å². The lowest BCUT2D eigenvalue weighted by atomic mass is 10.1. The van der Waals surface area contributed by atoms with Crippen LogP contribution in [0.4, 0.5) is 0 Å². The average Bonchev–Trinajstić information content (AvgIpc) is 2.87. The van der Waals surface area contributed by atoms with Gasteiger partial charge >= 0.3 is 0 Å². The Morgan fingerprint density at radius 1 is 1.21 bits per heavy atom. The second kappa shape index (κ2) is 4.60. The summed E-state index contributed by atoms with van der Waals surface area (Å²) >= 11 is 1.57. The third-order valence-corrected chi connectivity index (χ3v) is 5.73. The minimum absolute atomic E-state index is 0.260. The molecule has 0 N–H and O–H groups in total. The zero-order valence-electron chi connectivity index (χ0n) is 11.1. The molecule has 1 saturated carbocycles. The summed E-state index contributed by atoms with van der Waals surface area (Å²) in [5, 5.41) is 1.99. The first kappa shape index (κ1) is 11.9. The Balaban J connectivity index is 1.47. The number of carbonyl (C=O) groups excluding carboxylic acids is 1. The van der Waals surface area contributed by atoms with Crippen LogP contribution in [0.25, 0.3) is 0 Å². The second-order valence-corrected chi connectivity index (χ2v) is 7.07. The Morgan fingerprint density at radius 2 is 2.05 bits per heavy atom. The average molecular weight is 276 g/mol. The van der Waals surface area contributed by atoms with E-state index < -0.39 is 0 Å². The van der Waals surface area contributed by atoms with Crippen molar-refractivity contribution in [2.75, 3.05) is 19.6 Å². The monoisotopic (exact) mass is 276 g/mol. The predicted octanol–water partition coefficient (Wildman–Crippen LogP) is 2.45. The van der Waals surface area contributed by atoms with Crippen LogP contribution in [0.5, 0.6) is 0 Å². The Kier molecular flexibility index (Phi) is 2.88. The lowest BCUT2D eigenvalue weighted by Gasteiger charge is -2.25. The largest absolute Gasteiger partial charge is 0.333 e. The van der Waals surface area contributed by atoms with Gasteiger partial charge in [-0.15, -0.1) is 11.3 Å². The van der Waals surface area contributed by atoms with E-state index in [1.807, 2.05) is 17.5 Å². The van der Waals surface area contributed by atoms with Crippen molar-refractivity contribution in [2.24, 2.45) is 5.92 Å². The maximum Gasteiger partial charge on any atom is 0.264 e. The molecule has 3 nitrogen and oxygen atoms in total. The highest BCUT2D eigenvalue weighted by atomic mass is 32.1. The molecule has 0 aromatic carbocycles. The molecule has 3 aliphatic rings. The van der Waals surface area contributed by atoms with Gasteiger partial charge in [0.1, 0.15) is 0 Å². The van der Waals surface area contributed by atoms with Crippen LogP contribution >= 0.6 is 11.3 Å². The molecule has 19 heavy (non-hydrogen) atoms. The lowest BCUT2D eigenvalue weighted by Crippen LogP contribution is -2.39. The number of rotatable bonds is 3. The van der Waals surface area contributed by atoms with Gasteiger partial charge in [-0.2, -0.15) is 0 Å². The van der Waals surface area contributed by atoms with E-state index in [1.54, 1.807) is 11.3 Å². The number of hydrogen-bond donors (Lipinski definition) is 0. The minimum Gasteiger partial charge on any atom is -0.333 e. The van der Waals surface area contributed by atoms with Crippen LogP contribution in [0.1, 0.15) is 35.4 Å². The topological polar surface area (TPSA) is 23.6 Å². The van der Waals surface area contributed by atoms with Gasteiger partial charge in [0.2, 0.25) is 0 Å². The van der Waals surface area contributed by atoms with Gasteiger partial charge in [-0.1, -0.05) is 6.07 Å². The molecule has 2 atom stereocenters. The fourth-order valence-electron chi connectivity index (χ4n) is 3.73. The van der Waals surface area contributed by atoms with Crippen molar-refractivity contribution in [1.82, 2.24) is 9.80 Å².